The molecule has 224 valence electrons. The molecule has 11 nitrogen and oxygen atoms in total. The lowest BCUT2D eigenvalue weighted by Gasteiger charge is -2.66. The van der Waals surface area contributed by atoms with E-state index in [9.17, 15) is 40.2 Å². The number of carbonyl (C=O) groups is 2. The van der Waals surface area contributed by atoms with Crippen molar-refractivity contribution in [1.29, 1.82) is 0 Å². The van der Waals surface area contributed by atoms with E-state index < -0.39 is 76.8 Å². The minimum atomic E-state index is -1.47. The molecule has 0 unspecified atom stereocenters. The quantitative estimate of drug-likeness (QED) is 0.149. The van der Waals surface area contributed by atoms with Crippen LogP contribution in [0.1, 0.15) is 65.2 Å². The smallest absolute Gasteiger partial charge is 0.331 e. The highest BCUT2D eigenvalue weighted by atomic mass is 16.7. The number of cyclic esters (lactones) is 1. The van der Waals surface area contributed by atoms with Gasteiger partial charge in [-0.1, -0.05) is 6.92 Å². The molecule has 0 radical (unpaired) electrons. The van der Waals surface area contributed by atoms with Crippen molar-refractivity contribution in [3.8, 4) is 0 Å². The fourth-order valence-corrected chi connectivity index (χ4v) is 9.74. The van der Waals surface area contributed by atoms with Gasteiger partial charge in [-0.3, -0.25) is 0 Å². The van der Waals surface area contributed by atoms with Gasteiger partial charge in [-0.2, -0.15) is 0 Å². The zero-order valence-electron chi connectivity index (χ0n) is 23.0. The second-order valence-electron chi connectivity index (χ2n) is 13.5. The third kappa shape index (κ3) is 3.71. The summed E-state index contributed by atoms with van der Waals surface area (Å²) in [6.07, 6.45) is -2.70. The predicted octanol–water partition coefficient (Wildman–Crippen LogP) is -0.279. The van der Waals surface area contributed by atoms with Gasteiger partial charge in [0.25, 0.3) is 0 Å². The molecule has 6 rings (SSSR count). The Balaban J connectivity index is 1.25. The van der Waals surface area contributed by atoms with Gasteiger partial charge in [0.1, 0.15) is 31.2 Å². The topological polar surface area (TPSA) is 183 Å². The molecule has 14 atom stereocenters. The number of aliphatic hydroxyl groups excluding tert-OH is 4. The first-order valence-corrected chi connectivity index (χ1v) is 14.6. The highest BCUT2D eigenvalue weighted by molar-refractivity contribution is 5.85. The van der Waals surface area contributed by atoms with Crippen molar-refractivity contribution in [2.24, 2.45) is 28.6 Å². The number of rotatable bonds is 4. The van der Waals surface area contributed by atoms with Crippen LogP contribution in [0.5, 0.6) is 0 Å². The number of ether oxygens (including phenoxy) is 3. The van der Waals surface area contributed by atoms with Crippen LogP contribution in [0.3, 0.4) is 0 Å². The van der Waals surface area contributed by atoms with E-state index in [0.29, 0.717) is 25.7 Å². The maximum atomic E-state index is 13.0. The van der Waals surface area contributed by atoms with Crippen LogP contribution >= 0.6 is 0 Å². The van der Waals surface area contributed by atoms with Gasteiger partial charge in [0, 0.05) is 17.9 Å². The number of fused-ring (bicyclic) bond motifs is 5. The lowest BCUT2D eigenvalue weighted by atomic mass is 9.41. The predicted molar refractivity (Wildman–Crippen MR) is 136 cm³/mol. The van der Waals surface area contributed by atoms with Gasteiger partial charge in [-0.15, -0.1) is 0 Å². The van der Waals surface area contributed by atoms with Crippen molar-refractivity contribution in [2.75, 3.05) is 6.61 Å². The maximum absolute atomic E-state index is 13.0. The molecule has 6 N–H and O–H groups in total. The summed E-state index contributed by atoms with van der Waals surface area (Å²) in [5.74, 6) is -1.42. The van der Waals surface area contributed by atoms with E-state index in [4.69, 9.17) is 14.2 Å². The van der Waals surface area contributed by atoms with Crippen LogP contribution in [0.4, 0.5) is 0 Å². The second-order valence-corrected chi connectivity index (χ2v) is 13.5. The van der Waals surface area contributed by atoms with Gasteiger partial charge in [0.15, 0.2) is 6.29 Å². The fraction of sp³-hybridized carbons (Fsp3) is 0.862. The standard InChI is InChI=1S/C29H42O11/c1-14-22(33)23(34)24(35)25(39-14)40-16-3-6-27(13-30)19-10-20(31)26(2)17(15-9-21(32)38-12-15)5-8-29(26,37)18(19)4-7-28(27,36)11-16/h9,13-14,16-20,22-25,31,33-37H,3-8,10-12H2,1-2H3/t14-,16+,17+,18+,19-,20-,22+,23-,24-,25-,26-,27-,28-,29+/m0/s1. The van der Waals surface area contributed by atoms with Gasteiger partial charge >= 0.3 is 5.97 Å². The Bertz CT molecular complexity index is 1080. The monoisotopic (exact) mass is 566 g/mol. The molecule has 4 saturated carbocycles. The normalized spacial score (nSPS) is 56.0. The van der Waals surface area contributed by atoms with Gasteiger partial charge in [-0.25, -0.2) is 4.79 Å². The van der Waals surface area contributed by atoms with E-state index in [2.05, 4.69) is 0 Å². The Morgan fingerprint density at radius 1 is 1.00 bits per heavy atom. The number of hydrogen-bond donors (Lipinski definition) is 6. The number of carbonyl (C=O) groups excluding carboxylic acids is 2. The van der Waals surface area contributed by atoms with Crippen molar-refractivity contribution in [1.82, 2.24) is 0 Å². The zero-order chi connectivity index (χ0) is 28.8. The Morgan fingerprint density at radius 3 is 2.42 bits per heavy atom. The molecule has 0 aromatic heterocycles. The molecule has 0 bridgehead atoms. The molecule has 1 saturated heterocycles. The van der Waals surface area contributed by atoms with Crippen molar-refractivity contribution in [3.63, 3.8) is 0 Å². The first-order chi connectivity index (χ1) is 18.8. The molecular weight excluding hydrogens is 524 g/mol. The molecule has 4 aliphatic carbocycles. The van der Waals surface area contributed by atoms with E-state index in [1.54, 1.807) is 6.92 Å². The van der Waals surface area contributed by atoms with Gasteiger partial charge < -0.3 is 49.6 Å². The summed E-state index contributed by atoms with van der Waals surface area (Å²) < 4.78 is 16.8. The molecule has 2 aliphatic heterocycles. The van der Waals surface area contributed by atoms with E-state index in [-0.39, 0.29) is 44.1 Å². The van der Waals surface area contributed by atoms with E-state index >= 15 is 0 Å². The first-order valence-electron chi connectivity index (χ1n) is 14.6. The van der Waals surface area contributed by atoms with Crippen LogP contribution in [0, 0.1) is 28.6 Å². The maximum Gasteiger partial charge on any atom is 0.331 e. The SMILES string of the molecule is C[C@@H]1O[C@@H](O[C@@H]2CC[C@]3(C=O)[C@H]4C[C@H](O)[C@]5(C)[C@@H](C6=CC(=O)OC6)CC[C@@]5(O)[C@@H]4CC[C@]3(O)C2)[C@@H](O)[C@@H](O)[C@@H]1O. The van der Waals surface area contributed by atoms with Crippen LogP contribution in [0.25, 0.3) is 0 Å². The second kappa shape index (κ2) is 9.54. The summed E-state index contributed by atoms with van der Waals surface area (Å²) >= 11 is 0. The molecular formula is C29H42O11. The number of aliphatic hydroxyl groups is 6. The van der Waals surface area contributed by atoms with Crippen molar-refractivity contribution >= 4 is 12.3 Å². The largest absolute Gasteiger partial charge is 0.458 e. The third-order valence-electron chi connectivity index (χ3n) is 12.1. The number of esters is 1. The van der Waals surface area contributed by atoms with Gasteiger partial charge in [0.2, 0.25) is 0 Å². The van der Waals surface area contributed by atoms with Gasteiger partial charge in [-0.05, 0) is 75.2 Å². The summed E-state index contributed by atoms with van der Waals surface area (Å²) in [7, 11) is 0. The van der Waals surface area contributed by atoms with E-state index in [1.807, 2.05) is 6.92 Å². The Labute approximate surface area is 233 Å². The van der Waals surface area contributed by atoms with E-state index in [0.717, 1.165) is 11.9 Å². The van der Waals surface area contributed by atoms with Crippen molar-refractivity contribution in [2.45, 2.75) is 119 Å². The van der Waals surface area contributed by atoms with Crippen LogP contribution in [0.2, 0.25) is 0 Å². The average Bonchev–Trinajstić information content (AvgIpc) is 3.46. The highest BCUT2D eigenvalue weighted by Gasteiger charge is 2.74. The Kier molecular flexibility index (Phi) is 6.83. The molecule has 6 aliphatic rings. The fourth-order valence-electron chi connectivity index (χ4n) is 9.74. The van der Waals surface area contributed by atoms with Crippen molar-refractivity contribution in [3.05, 3.63) is 11.6 Å². The summed E-state index contributed by atoms with van der Waals surface area (Å²) in [5.41, 5.74) is -4.09. The number of hydrogen-bond acceptors (Lipinski definition) is 11. The molecule has 2 heterocycles. The van der Waals surface area contributed by atoms with E-state index in [1.165, 1.54) is 6.08 Å². The Hall–Kier alpha value is -1.44. The molecule has 0 amide bonds. The lowest BCUT2D eigenvalue weighted by Crippen LogP contribution is -2.71. The minimum absolute atomic E-state index is 0.0926. The summed E-state index contributed by atoms with van der Waals surface area (Å²) in [4.78, 5) is 24.8. The molecule has 0 aromatic rings. The molecule has 0 aromatic carbocycles. The molecule has 0 spiro atoms. The van der Waals surface area contributed by atoms with Crippen LogP contribution in [-0.4, -0.2) is 104 Å². The minimum Gasteiger partial charge on any atom is -0.458 e. The lowest BCUT2D eigenvalue weighted by molar-refractivity contribution is -0.319. The summed E-state index contributed by atoms with van der Waals surface area (Å²) in [6.45, 7) is 3.61. The zero-order valence-corrected chi connectivity index (χ0v) is 23.0. The van der Waals surface area contributed by atoms with Crippen molar-refractivity contribution < 1.29 is 54.4 Å². The summed E-state index contributed by atoms with van der Waals surface area (Å²) in [5, 5.41) is 66.7. The van der Waals surface area contributed by atoms with Crippen LogP contribution < -0.4 is 0 Å². The van der Waals surface area contributed by atoms with Crippen LogP contribution in [-0.2, 0) is 23.8 Å². The van der Waals surface area contributed by atoms with Gasteiger partial charge in [0.05, 0.1) is 34.9 Å². The van der Waals surface area contributed by atoms with Crippen LogP contribution in [0.15, 0.2) is 11.6 Å². The molecule has 5 fully saturated rings. The Morgan fingerprint density at radius 2 is 1.75 bits per heavy atom. The average molecular weight is 567 g/mol. The highest BCUT2D eigenvalue weighted by Crippen LogP contribution is 2.70. The summed E-state index contributed by atoms with van der Waals surface area (Å²) in [6, 6.07) is 0. The molecule has 40 heavy (non-hydrogen) atoms. The molecule has 11 heteroatoms. The first kappa shape index (κ1) is 28.7. The third-order valence-corrected chi connectivity index (χ3v) is 12.1. The number of aldehydes is 1.